The number of rotatable bonds is 7. The van der Waals surface area contributed by atoms with Gasteiger partial charge in [0.05, 0.1) is 6.04 Å². The van der Waals surface area contributed by atoms with Gasteiger partial charge in [0, 0.05) is 0 Å². The van der Waals surface area contributed by atoms with Gasteiger partial charge < -0.3 is 14.8 Å². The number of hydrogen-bond donors (Lipinski definition) is 1. The van der Waals surface area contributed by atoms with E-state index < -0.39 is 0 Å². The van der Waals surface area contributed by atoms with Crippen LogP contribution in [0.1, 0.15) is 29.2 Å². The molecule has 2 aromatic carbocycles. The molecule has 0 saturated heterocycles. The van der Waals surface area contributed by atoms with Crippen molar-refractivity contribution >= 4 is 5.91 Å². The fraction of sp³-hybridized carbons (Fsp3) is 0.381. The van der Waals surface area contributed by atoms with Crippen LogP contribution in [0.4, 0.5) is 0 Å². The first-order chi connectivity index (χ1) is 11.9. The first kappa shape index (κ1) is 18.8. The van der Waals surface area contributed by atoms with E-state index in [0.717, 1.165) is 33.8 Å². The molecule has 0 saturated carbocycles. The lowest BCUT2D eigenvalue weighted by Gasteiger charge is -2.17. The second-order valence-electron chi connectivity index (χ2n) is 6.54. The summed E-state index contributed by atoms with van der Waals surface area (Å²) < 4.78 is 11.4. The Morgan fingerprint density at radius 1 is 1.00 bits per heavy atom. The van der Waals surface area contributed by atoms with E-state index in [1.807, 2.05) is 65.0 Å². The minimum absolute atomic E-state index is 0.00155. The van der Waals surface area contributed by atoms with Gasteiger partial charge in [-0.3, -0.25) is 4.79 Å². The van der Waals surface area contributed by atoms with Gasteiger partial charge in [-0.25, -0.2) is 0 Å². The molecule has 0 radical (unpaired) electrons. The van der Waals surface area contributed by atoms with Gasteiger partial charge >= 0.3 is 0 Å². The molecule has 0 bridgehead atoms. The van der Waals surface area contributed by atoms with Crippen LogP contribution in [-0.2, 0) is 4.79 Å². The average Bonchev–Trinajstić information content (AvgIpc) is 2.56. The van der Waals surface area contributed by atoms with Gasteiger partial charge in [-0.15, -0.1) is 0 Å². The highest BCUT2D eigenvalue weighted by Gasteiger charge is 2.11. The predicted molar refractivity (Wildman–Crippen MR) is 100 cm³/mol. The summed E-state index contributed by atoms with van der Waals surface area (Å²) in [6.07, 6.45) is 0. The largest absolute Gasteiger partial charge is 0.491 e. The molecule has 1 unspecified atom stereocenters. The SMILES string of the molecule is Cc1cc(C)c(C)c(OCC(=O)NC(C)COc2ccccc2C)c1. The first-order valence-electron chi connectivity index (χ1n) is 8.55. The number of benzene rings is 2. The van der Waals surface area contributed by atoms with Crippen molar-refractivity contribution in [2.24, 2.45) is 0 Å². The molecule has 0 aliphatic heterocycles. The van der Waals surface area contributed by atoms with Crippen molar-refractivity contribution in [3.63, 3.8) is 0 Å². The Morgan fingerprint density at radius 3 is 2.44 bits per heavy atom. The van der Waals surface area contributed by atoms with E-state index in [-0.39, 0.29) is 18.6 Å². The Kier molecular flexibility index (Phi) is 6.45. The van der Waals surface area contributed by atoms with Gasteiger partial charge in [-0.2, -0.15) is 0 Å². The van der Waals surface area contributed by atoms with Crippen molar-refractivity contribution in [1.29, 1.82) is 0 Å². The number of nitrogens with one attached hydrogen (secondary N) is 1. The Bertz CT molecular complexity index is 740. The van der Waals surface area contributed by atoms with Crippen molar-refractivity contribution in [3.8, 4) is 11.5 Å². The van der Waals surface area contributed by atoms with Gasteiger partial charge in [-0.05, 0) is 69.0 Å². The third-order valence-corrected chi connectivity index (χ3v) is 4.11. The first-order valence-corrected chi connectivity index (χ1v) is 8.55. The Labute approximate surface area is 150 Å². The highest BCUT2D eigenvalue weighted by Crippen LogP contribution is 2.23. The molecule has 0 aliphatic carbocycles. The standard InChI is InChI=1S/C21H27NO3/c1-14-10-16(3)18(5)20(11-14)25-13-21(23)22-17(4)12-24-19-9-7-6-8-15(19)2/h6-11,17H,12-13H2,1-5H3,(H,22,23). The zero-order valence-electron chi connectivity index (χ0n) is 15.7. The van der Waals surface area contributed by atoms with Gasteiger partial charge in [0.2, 0.25) is 0 Å². The number of amides is 1. The van der Waals surface area contributed by atoms with Crippen LogP contribution in [0.2, 0.25) is 0 Å². The molecule has 1 N–H and O–H groups in total. The van der Waals surface area contributed by atoms with Crippen LogP contribution in [0.5, 0.6) is 11.5 Å². The lowest BCUT2D eigenvalue weighted by molar-refractivity contribution is -0.123. The highest BCUT2D eigenvalue weighted by atomic mass is 16.5. The maximum atomic E-state index is 12.1. The van der Waals surface area contributed by atoms with Gasteiger partial charge in [0.15, 0.2) is 6.61 Å². The molecule has 4 nitrogen and oxygen atoms in total. The van der Waals surface area contributed by atoms with Crippen LogP contribution in [-0.4, -0.2) is 25.2 Å². The monoisotopic (exact) mass is 341 g/mol. The average molecular weight is 341 g/mol. The summed E-state index contributed by atoms with van der Waals surface area (Å²) in [4.78, 5) is 12.1. The zero-order chi connectivity index (χ0) is 18.4. The van der Waals surface area contributed by atoms with Crippen LogP contribution in [0.25, 0.3) is 0 Å². The van der Waals surface area contributed by atoms with E-state index >= 15 is 0 Å². The maximum Gasteiger partial charge on any atom is 0.258 e. The molecule has 1 amide bonds. The summed E-state index contributed by atoms with van der Waals surface area (Å²) in [5, 5.41) is 2.90. The summed E-state index contributed by atoms with van der Waals surface area (Å²) in [6, 6.07) is 11.8. The lowest BCUT2D eigenvalue weighted by Crippen LogP contribution is -2.39. The number of ether oxygens (including phenoxy) is 2. The maximum absolute atomic E-state index is 12.1. The quantitative estimate of drug-likeness (QED) is 0.831. The van der Waals surface area contributed by atoms with E-state index in [1.165, 1.54) is 0 Å². The molecule has 25 heavy (non-hydrogen) atoms. The third-order valence-electron chi connectivity index (χ3n) is 4.11. The van der Waals surface area contributed by atoms with Crippen molar-refractivity contribution < 1.29 is 14.3 Å². The van der Waals surface area contributed by atoms with Crippen LogP contribution >= 0.6 is 0 Å². The summed E-state index contributed by atoms with van der Waals surface area (Å²) in [6.45, 7) is 10.4. The fourth-order valence-corrected chi connectivity index (χ4v) is 2.59. The van der Waals surface area contributed by atoms with Crippen LogP contribution in [0.3, 0.4) is 0 Å². The molecular formula is C21H27NO3. The molecule has 0 aliphatic rings. The number of aryl methyl sites for hydroxylation is 3. The minimum Gasteiger partial charge on any atom is -0.491 e. The van der Waals surface area contributed by atoms with Crippen molar-refractivity contribution in [2.75, 3.05) is 13.2 Å². The fourth-order valence-electron chi connectivity index (χ4n) is 2.59. The molecular weight excluding hydrogens is 314 g/mol. The van der Waals surface area contributed by atoms with Crippen LogP contribution < -0.4 is 14.8 Å². The van der Waals surface area contributed by atoms with Crippen LogP contribution in [0, 0.1) is 27.7 Å². The predicted octanol–water partition coefficient (Wildman–Crippen LogP) is 3.88. The van der Waals surface area contributed by atoms with E-state index in [2.05, 4.69) is 11.4 Å². The molecule has 0 heterocycles. The molecule has 1 atom stereocenters. The van der Waals surface area contributed by atoms with Gasteiger partial charge in [0.25, 0.3) is 5.91 Å². The molecule has 2 aromatic rings. The Hall–Kier alpha value is -2.49. The molecule has 4 heteroatoms. The summed E-state index contributed by atoms with van der Waals surface area (Å²) in [5.41, 5.74) is 4.43. The second kappa shape index (κ2) is 8.56. The van der Waals surface area contributed by atoms with E-state index in [0.29, 0.717) is 6.61 Å². The number of para-hydroxylation sites is 1. The highest BCUT2D eigenvalue weighted by molar-refractivity contribution is 5.77. The molecule has 0 fully saturated rings. The molecule has 134 valence electrons. The molecule has 0 spiro atoms. The summed E-state index contributed by atoms with van der Waals surface area (Å²) in [7, 11) is 0. The Morgan fingerprint density at radius 2 is 1.72 bits per heavy atom. The Balaban J connectivity index is 1.81. The smallest absolute Gasteiger partial charge is 0.258 e. The number of hydrogen-bond acceptors (Lipinski definition) is 3. The van der Waals surface area contributed by atoms with E-state index in [4.69, 9.17) is 9.47 Å². The van der Waals surface area contributed by atoms with E-state index in [1.54, 1.807) is 0 Å². The normalized spacial score (nSPS) is 11.7. The molecule has 0 aromatic heterocycles. The number of carbonyl (C=O) groups is 1. The van der Waals surface area contributed by atoms with Gasteiger partial charge in [-0.1, -0.05) is 24.3 Å². The van der Waals surface area contributed by atoms with Crippen molar-refractivity contribution in [1.82, 2.24) is 5.32 Å². The lowest BCUT2D eigenvalue weighted by atomic mass is 10.1. The topological polar surface area (TPSA) is 47.6 Å². The van der Waals surface area contributed by atoms with Crippen LogP contribution in [0.15, 0.2) is 36.4 Å². The summed E-state index contributed by atoms with van der Waals surface area (Å²) >= 11 is 0. The van der Waals surface area contributed by atoms with Crippen molar-refractivity contribution in [2.45, 2.75) is 40.7 Å². The third kappa shape index (κ3) is 5.52. The van der Waals surface area contributed by atoms with E-state index in [9.17, 15) is 4.79 Å². The minimum atomic E-state index is -0.153. The summed E-state index contributed by atoms with van der Waals surface area (Å²) in [5.74, 6) is 1.45. The molecule has 2 rings (SSSR count). The zero-order valence-corrected chi connectivity index (χ0v) is 15.7. The van der Waals surface area contributed by atoms with Crippen molar-refractivity contribution in [3.05, 3.63) is 58.7 Å². The second-order valence-corrected chi connectivity index (χ2v) is 6.54. The van der Waals surface area contributed by atoms with Gasteiger partial charge in [0.1, 0.15) is 18.1 Å². The number of carbonyl (C=O) groups excluding carboxylic acids is 1.